The zero-order valence-corrected chi connectivity index (χ0v) is 25.1. The molecule has 0 amide bonds. The van der Waals surface area contributed by atoms with E-state index in [1.54, 1.807) is 5.57 Å². The fourth-order valence-electron chi connectivity index (χ4n) is 6.80. The first-order chi connectivity index (χ1) is 20.6. The van der Waals surface area contributed by atoms with Crippen molar-refractivity contribution in [2.24, 2.45) is 0 Å². The van der Waals surface area contributed by atoms with Crippen molar-refractivity contribution in [1.82, 2.24) is 0 Å². The summed E-state index contributed by atoms with van der Waals surface area (Å²) in [5.41, 5.74) is 11.1. The van der Waals surface area contributed by atoms with Crippen LogP contribution in [-0.4, -0.2) is 6.04 Å². The van der Waals surface area contributed by atoms with Crippen LogP contribution in [0.2, 0.25) is 0 Å². The lowest BCUT2D eigenvalue weighted by Gasteiger charge is -2.35. The molecule has 0 fully saturated rings. The standard InChI is InChI=1S/C41H43N/c1-31-11-9-15-37(29-31)41(36-13-5-3-6-14-36)28-21-33-19-22-34(23-20-33)35-24-26-39(27-25-35)42(38-16-7-4-8-17-38)40-18-10-12-32(2)30-40/h3-5,7-13,15-20,22-24,26,29-30,35,39,41H,6,14,21,25,27-28H2,1-2H3. The Morgan fingerprint density at radius 3 is 2.19 bits per heavy atom. The summed E-state index contributed by atoms with van der Waals surface area (Å²) >= 11 is 0. The molecule has 1 nitrogen and oxygen atoms in total. The van der Waals surface area contributed by atoms with E-state index in [4.69, 9.17) is 0 Å². The maximum Gasteiger partial charge on any atom is 0.0522 e. The summed E-state index contributed by atoms with van der Waals surface area (Å²) in [6.45, 7) is 4.38. The van der Waals surface area contributed by atoms with Crippen molar-refractivity contribution >= 4 is 11.4 Å². The first kappa shape index (κ1) is 28.0. The Morgan fingerprint density at radius 1 is 0.738 bits per heavy atom. The molecule has 1 heteroatoms. The van der Waals surface area contributed by atoms with Gasteiger partial charge in [-0.15, -0.1) is 0 Å². The number of aryl methyl sites for hydroxylation is 3. The van der Waals surface area contributed by atoms with Crippen LogP contribution in [0.25, 0.3) is 0 Å². The fraction of sp³-hybridized carbons (Fsp3) is 0.268. The van der Waals surface area contributed by atoms with Gasteiger partial charge in [0, 0.05) is 23.2 Å². The lowest BCUT2D eigenvalue weighted by Crippen LogP contribution is -2.31. The molecule has 212 valence electrons. The average Bonchev–Trinajstić information content (AvgIpc) is 3.03. The third kappa shape index (κ3) is 6.68. The van der Waals surface area contributed by atoms with Gasteiger partial charge in [-0.05, 0) is 98.9 Å². The van der Waals surface area contributed by atoms with Gasteiger partial charge in [-0.1, -0.05) is 120 Å². The van der Waals surface area contributed by atoms with Crippen LogP contribution in [0.15, 0.2) is 139 Å². The Bertz CT molecular complexity index is 1560. The minimum Gasteiger partial charge on any atom is -0.335 e. The molecule has 3 atom stereocenters. The zero-order valence-electron chi connectivity index (χ0n) is 25.1. The van der Waals surface area contributed by atoms with Gasteiger partial charge in [-0.25, -0.2) is 0 Å². The van der Waals surface area contributed by atoms with Crippen LogP contribution in [0.4, 0.5) is 11.4 Å². The number of allylic oxidation sites excluding steroid dienone is 5. The molecule has 4 aromatic rings. The number of benzene rings is 4. The van der Waals surface area contributed by atoms with Gasteiger partial charge in [0.25, 0.3) is 0 Å². The fourth-order valence-corrected chi connectivity index (χ4v) is 6.80. The van der Waals surface area contributed by atoms with Crippen molar-refractivity contribution in [3.63, 3.8) is 0 Å². The Morgan fingerprint density at radius 2 is 1.50 bits per heavy atom. The smallest absolute Gasteiger partial charge is 0.0522 e. The predicted molar refractivity (Wildman–Crippen MR) is 180 cm³/mol. The third-order valence-electron chi connectivity index (χ3n) is 9.05. The largest absolute Gasteiger partial charge is 0.335 e. The molecule has 2 aliphatic rings. The molecule has 4 aromatic carbocycles. The van der Waals surface area contributed by atoms with Crippen molar-refractivity contribution in [1.29, 1.82) is 0 Å². The number of hydrogen-bond donors (Lipinski definition) is 0. The Hall–Kier alpha value is -4.10. The first-order valence-corrected chi connectivity index (χ1v) is 15.7. The quantitative estimate of drug-likeness (QED) is 0.188. The molecule has 2 aliphatic carbocycles. The zero-order chi connectivity index (χ0) is 28.7. The maximum absolute atomic E-state index is 2.50. The molecule has 0 aromatic heterocycles. The topological polar surface area (TPSA) is 3.24 Å². The minimum absolute atomic E-state index is 0.354. The molecule has 0 N–H and O–H groups in total. The summed E-state index contributed by atoms with van der Waals surface area (Å²) in [6.07, 6.45) is 18.7. The SMILES string of the molecule is Cc1cccc(C(CCc2ccc(C3C=CC(N(c4ccccc4)c4cccc(C)c4)CC3)cc2)C2=CC=CCC2)c1. The molecule has 0 aliphatic heterocycles. The molecule has 0 radical (unpaired) electrons. The summed E-state index contributed by atoms with van der Waals surface area (Å²) in [4.78, 5) is 2.50. The number of hydrogen-bond acceptors (Lipinski definition) is 1. The van der Waals surface area contributed by atoms with Gasteiger partial charge < -0.3 is 4.90 Å². The van der Waals surface area contributed by atoms with E-state index < -0.39 is 0 Å². The molecular formula is C41H43N. The van der Waals surface area contributed by atoms with Gasteiger partial charge in [-0.2, -0.15) is 0 Å². The summed E-state index contributed by atoms with van der Waals surface area (Å²) in [6, 6.07) is 38.7. The molecule has 0 saturated carbocycles. The van der Waals surface area contributed by atoms with Crippen LogP contribution < -0.4 is 4.90 Å². The molecule has 3 unspecified atom stereocenters. The van der Waals surface area contributed by atoms with E-state index in [0.717, 1.165) is 32.1 Å². The minimum atomic E-state index is 0.354. The van der Waals surface area contributed by atoms with E-state index in [1.807, 2.05) is 0 Å². The highest BCUT2D eigenvalue weighted by Gasteiger charge is 2.24. The molecule has 0 spiro atoms. The Balaban J connectivity index is 1.14. The third-order valence-corrected chi connectivity index (χ3v) is 9.05. The summed E-state index contributed by atoms with van der Waals surface area (Å²) in [7, 11) is 0. The monoisotopic (exact) mass is 549 g/mol. The van der Waals surface area contributed by atoms with E-state index in [2.05, 4.69) is 152 Å². The van der Waals surface area contributed by atoms with Crippen LogP contribution in [0.3, 0.4) is 0 Å². The van der Waals surface area contributed by atoms with Gasteiger partial charge in [0.15, 0.2) is 0 Å². The first-order valence-electron chi connectivity index (χ1n) is 15.7. The lowest BCUT2D eigenvalue weighted by atomic mass is 9.82. The van der Waals surface area contributed by atoms with Crippen molar-refractivity contribution < 1.29 is 0 Å². The van der Waals surface area contributed by atoms with Crippen molar-refractivity contribution in [2.75, 3.05) is 4.90 Å². The number of anilines is 2. The number of rotatable bonds is 9. The van der Waals surface area contributed by atoms with E-state index in [9.17, 15) is 0 Å². The Labute approximate surface area is 252 Å². The van der Waals surface area contributed by atoms with E-state index in [0.29, 0.717) is 17.9 Å². The molecule has 0 bridgehead atoms. The number of para-hydroxylation sites is 1. The number of nitrogens with zero attached hydrogens (tertiary/aromatic N) is 1. The second-order valence-electron chi connectivity index (χ2n) is 12.1. The van der Waals surface area contributed by atoms with Crippen molar-refractivity contribution in [3.8, 4) is 0 Å². The van der Waals surface area contributed by atoms with Gasteiger partial charge in [-0.3, -0.25) is 0 Å². The second-order valence-corrected chi connectivity index (χ2v) is 12.1. The highest BCUT2D eigenvalue weighted by molar-refractivity contribution is 5.65. The van der Waals surface area contributed by atoms with Crippen LogP contribution in [0.5, 0.6) is 0 Å². The predicted octanol–water partition coefficient (Wildman–Crippen LogP) is 10.9. The average molecular weight is 550 g/mol. The van der Waals surface area contributed by atoms with Gasteiger partial charge >= 0.3 is 0 Å². The van der Waals surface area contributed by atoms with E-state index in [-0.39, 0.29) is 0 Å². The highest BCUT2D eigenvalue weighted by Crippen LogP contribution is 2.37. The van der Waals surface area contributed by atoms with Crippen LogP contribution in [0, 0.1) is 13.8 Å². The molecule has 0 saturated heterocycles. The molecular weight excluding hydrogens is 506 g/mol. The van der Waals surface area contributed by atoms with Gasteiger partial charge in [0.1, 0.15) is 0 Å². The summed E-state index contributed by atoms with van der Waals surface area (Å²) in [5, 5.41) is 0. The van der Waals surface area contributed by atoms with Gasteiger partial charge in [0.05, 0.1) is 6.04 Å². The van der Waals surface area contributed by atoms with Crippen LogP contribution in [0.1, 0.15) is 71.8 Å². The molecule has 0 heterocycles. The highest BCUT2D eigenvalue weighted by atomic mass is 15.2. The summed E-state index contributed by atoms with van der Waals surface area (Å²) < 4.78 is 0. The van der Waals surface area contributed by atoms with E-state index >= 15 is 0 Å². The van der Waals surface area contributed by atoms with E-state index in [1.165, 1.54) is 45.6 Å². The van der Waals surface area contributed by atoms with Crippen molar-refractivity contribution in [2.45, 2.75) is 70.3 Å². The van der Waals surface area contributed by atoms with Gasteiger partial charge in [0.2, 0.25) is 0 Å². The second kappa shape index (κ2) is 13.3. The van der Waals surface area contributed by atoms with Crippen LogP contribution in [-0.2, 0) is 6.42 Å². The van der Waals surface area contributed by atoms with Crippen LogP contribution >= 0.6 is 0 Å². The van der Waals surface area contributed by atoms with Crippen molar-refractivity contribution in [3.05, 3.63) is 167 Å². The summed E-state index contributed by atoms with van der Waals surface area (Å²) in [5.74, 6) is 0.971. The lowest BCUT2D eigenvalue weighted by molar-refractivity contribution is 0.586. The Kier molecular flexibility index (Phi) is 8.85. The normalized spacial score (nSPS) is 18.9. The molecule has 42 heavy (non-hydrogen) atoms. The molecule has 6 rings (SSSR count). The maximum atomic E-state index is 2.50.